The molecular formula is C14H12. The third-order valence-electron chi connectivity index (χ3n) is 3.09. The number of aryl methyl sites for hydroxylation is 1. The molecule has 0 N–H and O–H groups in total. The van der Waals surface area contributed by atoms with E-state index in [2.05, 4.69) is 49.4 Å². The normalized spacial score (nSPS) is 12.4. The molecule has 1 aliphatic rings. The van der Waals surface area contributed by atoms with Crippen molar-refractivity contribution >= 4 is 0 Å². The minimum atomic E-state index is 1.11. The Balaban J connectivity index is 2.33. The van der Waals surface area contributed by atoms with Gasteiger partial charge in [-0.2, -0.15) is 0 Å². The Bertz CT molecular complexity index is 495. The number of hydrogen-bond donors (Lipinski definition) is 0. The van der Waals surface area contributed by atoms with E-state index < -0.39 is 0 Å². The van der Waals surface area contributed by atoms with Crippen LogP contribution < -0.4 is 0 Å². The van der Waals surface area contributed by atoms with Gasteiger partial charge in [0.2, 0.25) is 0 Å². The zero-order valence-electron chi connectivity index (χ0n) is 8.25. The van der Waals surface area contributed by atoms with Crippen molar-refractivity contribution < 1.29 is 0 Å². The zero-order chi connectivity index (χ0) is 9.54. The monoisotopic (exact) mass is 180 g/mol. The van der Waals surface area contributed by atoms with E-state index >= 15 is 0 Å². The third kappa shape index (κ3) is 0.941. The van der Waals surface area contributed by atoms with Gasteiger partial charge in [-0.3, -0.25) is 0 Å². The van der Waals surface area contributed by atoms with Gasteiger partial charge in [-0.05, 0) is 41.2 Å². The fraction of sp³-hybridized carbons (Fsp3) is 0.143. The predicted molar refractivity (Wildman–Crippen MR) is 59.4 cm³/mol. The Morgan fingerprint density at radius 2 is 1.64 bits per heavy atom. The molecule has 0 aliphatic heterocycles. The van der Waals surface area contributed by atoms with Gasteiger partial charge in [-0.25, -0.2) is 0 Å². The van der Waals surface area contributed by atoms with E-state index in [1.807, 2.05) is 0 Å². The number of rotatable bonds is 0. The second-order valence-corrected chi connectivity index (χ2v) is 3.93. The van der Waals surface area contributed by atoms with Crippen LogP contribution in [0.5, 0.6) is 0 Å². The molecule has 0 atom stereocenters. The van der Waals surface area contributed by atoms with Gasteiger partial charge in [-0.15, -0.1) is 0 Å². The second-order valence-electron chi connectivity index (χ2n) is 3.93. The zero-order valence-corrected chi connectivity index (χ0v) is 8.25. The van der Waals surface area contributed by atoms with Gasteiger partial charge < -0.3 is 0 Å². The van der Waals surface area contributed by atoms with Crippen LogP contribution in [0.25, 0.3) is 11.1 Å². The summed E-state index contributed by atoms with van der Waals surface area (Å²) in [7, 11) is 0. The first kappa shape index (κ1) is 7.81. The SMILES string of the molecule is Cc1cccc2c1Cc1ccccc1-2. The third-order valence-corrected chi connectivity index (χ3v) is 3.09. The quantitative estimate of drug-likeness (QED) is 0.496. The van der Waals surface area contributed by atoms with Crippen LogP contribution in [0.3, 0.4) is 0 Å². The molecule has 0 radical (unpaired) electrons. The van der Waals surface area contributed by atoms with Gasteiger partial charge in [0.25, 0.3) is 0 Å². The maximum absolute atomic E-state index is 2.23. The largest absolute Gasteiger partial charge is 0.0619 e. The highest BCUT2D eigenvalue weighted by Gasteiger charge is 2.18. The summed E-state index contributed by atoms with van der Waals surface area (Å²) < 4.78 is 0. The summed E-state index contributed by atoms with van der Waals surface area (Å²) in [4.78, 5) is 0. The van der Waals surface area contributed by atoms with E-state index in [9.17, 15) is 0 Å². The molecule has 14 heavy (non-hydrogen) atoms. The van der Waals surface area contributed by atoms with Crippen molar-refractivity contribution in [1.82, 2.24) is 0 Å². The Morgan fingerprint density at radius 1 is 0.857 bits per heavy atom. The van der Waals surface area contributed by atoms with Gasteiger partial charge in [-0.1, -0.05) is 42.5 Å². The lowest BCUT2D eigenvalue weighted by atomic mass is 10.0. The van der Waals surface area contributed by atoms with E-state index in [1.165, 1.54) is 27.8 Å². The average molecular weight is 180 g/mol. The van der Waals surface area contributed by atoms with Crippen molar-refractivity contribution in [2.75, 3.05) is 0 Å². The lowest BCUT2D eigenvalue weighted by Gasteiger charge is -2.02. The summed E-state index contributed by atoms with van der Waals surface area (Å²) in [6.07, 6.45) is 1.11. The molecule has 0 aromatic heterocycles. The molecule has 1 aliphatic carbocycles. The Morgan fingerprint density at radius 3 is 2.57 bits per heavy atom. The van der Waals surface area contributed by atoms with Crippen molar-refractivity contribution in [3.05, 3.63) is 59.2 Å². The Kier molecular flexibility index (Phi) is 1.51. The van der Waals surface area contributed by atoms with E-state index in [1.54, 1.807) is 0 Å². The van der Waals surface area contributed by atoms with Crippen LogP contribution >= 0.6 is 0 Å². The van der Waals surface area contributed by atoms with Crippen LogP contribution in [0.1, 0.15) is 16.7 Å². The van der Waals surface area contributed by atoms with Crippen LogP contribution in [0.2, 0.25) is 0 Å². The first-order chi connectivity index (χ1) is 6.86. The maximum atomic E-state index is 2.23. The van der Waals surface area contributed by atoms with Crippen molar-refractivity contribution in [1.29, 1.82) is 0 Å². The number of hydrogen-bond acceptors (Lipinski definition) is 0. The van der Waals surface area contributed by atoms with Crippen molar-refractivity contribution in [3.8, 4) is 11.1 Å². The molecule has 0 heteroatoms. The van der Waals surface area contributed by atoms with E-state index in [0.29, 0.717) is 0 Å². The van der Waals surface area contributed by atoms with E-state index in [0.717, 1.165) is 6.42 Å². The molecule has 0 spiro atoms. The molecule has 0 nitrogen and oxygen atoms in total. The lowest BCUT2D eigenvalue weighted by molar-refractivity contribution is 1.22. The topological polar surface area (TPSA) is 0 Å². The highest BCUT2D eigenvalue weighted by Crippen LogP contribution is 2.37. The lowest BCUT2D eigenvalue weighted by Crippen LogP contribution is -1.84. The van der Waals surface area contributed by atoms with E-state index in [-0.39, 0.29) is 0 Å². The highest BCUT2D eigenvalue weighted by molar-refractivity contribution is 5.77. The smallest absolute Gasteiger partial charge is 0.00108 e. The van der Waals surface area contributed by atoms with Gasteiger partial charge >= 0.3 is 0 Å². The van der Waals surface area contributed by atoms with Gasteiger partial charge in [0, 0.05) is 0 Å². The van der Waals surface area contributed by atoms with E-state index in [4.69, 9.17) is 0 Å². The predicted octanol–water partition coefficient (Wildman–Crippen LogP) is 3.57. The summed E-state index contributed by atoms with van der Waals surface area (Å²) in [5.74, 6) is 0. The van der Waals surface area contributed by atoms with Crippen molar-refractivity contribution in [2.45, 2.75) is 13.3 Å². The summed E-state index contributed by atoms with van der Waals surface area (Å²) in [5.41, 5.74) is 7.25. The number of fused-ring (bicyclic) bond motifs is 3. The molecule has 2 aromatic carbocycles. The van der Waals surface area contributed by atoms with Crippen LogP contribution in [0.15, 0.2) is 42.5 Å². The van der Waals surface area contributed by atoms with Gasteiger partial charge in [0.05, 0.1) is 0 Å². The fourth-order valence-electron chi connectivity index (χ4n) is 2.32. The summed E-state index contributed by atoms with van der Waals surface area (Å²) in [6, 6.07) is 15.3. The van der Waals surface area contributed by atoms with Crippen LogP contribution in [-0.4, -0.2) is 0 Å². The van der Waals surface area contributed by atoms with Crippen LogP contribution in [0.4, 0.5) is 0 Å². The fourth-order valence-corrected chi connectivity index (χ4v) is 2.32. The Hall–Kier alpha value is -1.56. The summed E-state index contributed by atoms with van der Waals surface area (Å²) >= 11 is 0. The molecule has 0 saturated heterocycles. The minimum absolute atomic E-state index is 1.11. The highest BCUT2D eigenvalue weighted by atomic mass is 14.2. The molecule has 0 unspecified atom stereocenters. The van der Waals surface area contributed by atoms with Crippen molar-refractivity contribution in [2.24, 2.45) is 0 Å². The maximum Gasteiger partial charge on any atom is -0.00108 e. The standard InChI is InChI=1S/C14H12/c1-10-5-4-8-13-12-7-3-2-6-11(12)9-14(10)13/h2-8H,9H2,1H3. The molecule has 0 fully saturated rings. The molecule has 0 heterocycles. The first-order valence-corrected chi connectivity index (χ1v) is 5.03. The molecule has 0 bridgehead atoms. The van der Waals surface area contributed by atoms with Gasteiger partial charge in [0.15, 0.2) is 0 Å². The molecule has 2 aromatic rings. The average Bonchev–Trinajstić information content (AvgIpc) is 2.59. The molecule has 0 amide bonds. The minimum Gasteiger partial charge on any atom is -0.0619 e. The summed E-state index contributed by atoms with van der Waals surface area (Å²) in [5, 5.41) is 0. The van der Waals surface area contributed by atoms with Crippen molar-refractivity contribution in [3.63, 3.8) is 0 Å². The van der Waals surface area contributed by atoms with Crippen LogP contribution in [0, 0.1) is 6.92 Å². The van der Waals surface area contributed by atoms with Gasteiger partial charge in [0.1, 0.15) is 0 Å². The Labute approximate surface area is 84.2 Å². The second kappa shape index (κ2) is 2.71. The molecule has 0 saturated carbocycles. The molecular weight excluding hydrogens is 168 g/mol. The first-order valence-electron chi connectivity index (χ1n) is 5.03. The molecule has 3 rings (SSSR count). The summed E-state index contributed by atoms with van der Waals surface area (Å²) in [6.45, 7) is 2.20. The molecule has 68 valence electrons. The van der Waals surface area contributed by atoms with Crippen LogP contribution in [-0.2, 0) is 6.42 Å². The number of benzene rings is 2.